The van der Waals surface area contributed by atoms with Gasteiger partial charge < -0.3 is 5.73 Å². The first-order valence-corrected chi connectivity index (χ1v) is 4.77. The normalized spacial score (nSPS) is 13.0. The second kappa shape index (κ2) is 3.56. The third kappa shape index (κ3) is 1.86. The summed E-state index contributed by atoms with van der Waals surface area (Å²) in [5, 5.41) is 0.643. The van der Waals surface area contributed by atoms with Crippen molar-refractivity contribution >= 4 is 28.7 Å². The predicted octanol–water partition coefficient (Wildman–Crippen LogP) is 2.24. The summed E-state index contributed by atoms with van der Waals surface area (Å²) in [6.07, 6.45) is 0. The fraction of sp³-hybridized carbons (Fsp3) is 0.375. The minimum absolute atomic E-state index is 0.0463. The number of carbonyl (C=O) groups is 1. The highest BCUT2D eigenvalue weighted by molar-refractivity contribution is 7.14. The van der Waals surface area contributed by atoms with E-state index in [0.717, 1.165) is 4.88 Å². The Kier molecular flexibility index (Phi) is 2.88. The van der Waals surface area contributed by atoms with Gasteiger partial charge >= 0.3 is 0 Å². The Labute approximate surface area is 80.3 Å². The summed E-state index contributed by atoms with van der Waals surface area (Å²) < 4.78 is 0. The van der Waals surface area contributed by atoms with Crippen molar-refractivity contribution in [3.63, 3.8) is 0 Å². The molecule has 2 N–H and O–H groups in total. The molecule has 0 aliphatic carbocycles. The number of hydrogen-bond donors (Lipinski definition) is 1. The molecule has 66 valence electrons. The number of nitrogens with two attached hydrogens (primary N) is 1. The van der Waals surface area contributed by atoms with Crippen molar-refractivity contribution in [2.45, 2.75) is 19.9 Å². The predicted molar refractivity (Wildman–Crippen MR) is 52.0 cm³/mol. The second-order valence-corrected chi connectivity index (χ2v) is 4.33. The summed E-state index contributed by atoms with van der Waals surface area (Å²) in [5.41, 5.74) is 5.44. The van der Waals surface area contributed by atoms with E-state index < -0.39 is 6.04 Å². The minimum Gasteiger partial charge on any atom is -0.321 e. The van der Waals surface area contributed by atoms with E-state index in [4.69, 9.17) is 17.3 Å². The van der Waals surface area contributed by atoms with Crippen LogP contribution >= 0.6 is 22.9 Å². The van der Waals surface area contributed by atoms with Crippen molar-refractivity contribution in [2.24, 2.45) is 5.73 Å². The molecule has 0 saturated heterocycles. The Hall–Kier alpha value is -0.380. The van der Waals surface area contributed by atoms with Gasteiger partial charge in [0.05, 0.1) is 15.9 Å². The van der Waals surface area contributed by atoms with Crippen LogP contribution in [0, 0.1) is 6.92 Å². The number of rotatable bonds is 2. The van der Waals surface area contributed by atoms with Gasteiger partial charge in [0.15, 0.2) is 5.78 Å². The molecule has 0 aliphatic heterocycles. The number of carbonyl (C=O) groups excluding carboxylic acids is 1. The number of halogens is 1. The lowest BCUT2D eigenvalue weighted by Crippen LogP contribution is -2.25. The Bertz CT molecular complexity index is 287. The molecular formula is C8H10ClNOS. The molecule has 1 unspecified atom stereocenters. The first kappa shape index (κ1) is 9.71. The third-order valence-corrected chi connectivity index (χ3v) is 3.08. The first-order valence-electron chi connectivity index (χ1n) is 3.58. The van der Waals surface area contributed by atoms with E-state index in [9.17, 15) is 4.79 Å². The van der Waals surface area contributed by atoms with E-state index in [1.54, 1.807) is 13.0 Å². The molecule has 1 aromatic rings. The van der Waals surface area contributed by atoms with E-state index in [0.29, 0.717) is 9.90 Å². The van der Waals surface area contributed by atoms with Crippen LogP contribution in [0.5, 0.6) is 0 Å². The lowest BCUT2D eigenvalue weighted by atomic mass is 10.2. The van der Waals surface area contributed by atoms with Gasteiger partial charge in [0, 0.05) is 4.88 Å². The quantitative estimate of drug-likeness (QED) is 0.750. The maximum absolute atomic E-state index is 11.3. The van der Waals surface area contributed by atoms with E-state index in [-0.39, 0.29) is 5.78 Å². The second-order valence-electron chi connectivity index (χ2n) is 2.67. The van der Waals surface area contributed by atoms with Crippen LogP contribution in [-0.2, 0) is 0 Å². The van der Waals surface area contributed by atoms with Crippen molar-refractivity contribution in [1.29, 1.82) is 0 Å². The first-order chi connectivity index (χ1) is 5.52. The molecular weight excluding hydrogens is 194 g/mol. The van der Waals surface area contributed by atoms with Crippen molar-refractivity contribution in [1.82, 2.24) is 0 Å². The highest BCUT2D eigenvalue weighted by atomic mass is 35.5. The SMILES string of the molecule is Cc1sc(C(=O)C(C)N)cc1Cl. The maximum atomic E-state index is 11.3. The Morgan fingerprint density at radius 2 is 2.33 bits per heavy atom. The molecule has 4 heteroatoms. The summed E-state index contributed by atoms with van der Waals surface area (Å²) in [4.78, 5) is 12.9. The van der Waals surface area contributed by atoms with Crippen LogP contribution < -0.4 is 5.73 Å². The maximum Gasteiger partial charge on any atom is 0.189 e. The standard InChI is InChI=1S/C8H10ClNOS/c1-4(10)8(11)7-3-6(9)5(2)12-7/h3-4H,10H2,1-2H3. The summed E-state index contributed by atoms with van der Waals surface area (Å²) in [6.45, 7) is 3.55. The van der Waals surface area contributed by atoms with Gasteiger partial charge in [-0.2, -0.15) is 0 Å². The van der Waals surface area contributed by atoms with Gasteiger partial charge in [-0.15, -0.1) is 11.3 Å². The lowest BCUT2D eigenvalue weighted by Gasteiger charge is -1.98. The van der Waals surface area contributed by atoms with Crippen LogP contribution in [0.3, 0.4) is 0 Å². The zero-order chi connectivity index (χ0) is 9.30. The number of ketones is 1. The van der Waals surface area contributed by atoms with E-state index in [2.05, 4.69) is 0 Å². The molecule has 1 atom stereocenters. The van der Waals surface area contributed by atoms with Gasteiger partial charge in [-0.1, -0.05) is 11.6 Å². The highest BCUT2D eigenvalue weighted by Crippen LogP contribution is 2.26. The summed E-state index contributed by atoms with van der Waals surface area (Å²) in [6, 6.07) is 1.23. The Morgan fingerprint density at radius 3 is 2.67 bits per heavy atom. The molecule has 0 amide bonds. The summed E-state index contributed by atoms with van der Waals surface area (Å²) in [7, 11) is 0. The van der Waals surface area contributed by atoms with Crippen LogP contribution in [-0.4, -0.2) is 11.8 Å². The molecule has 0 spiro atoms. The molecule has 0 bridgehead atoms. The van der Waals surface area contributed by atoms with Crippen molar-refractivity contribution in [2.75, 3.05) is 0 Å². The molecule has 0 saturated carbocycles. The number of hydrogen-bond acceptors (Lipinski definition) is 3. The number of Topliss-reactive ketones (excluding diaryl/α,β-unsaturated/α-hetero) is 1. The molecule has 0 fully saturated rings. The fourth-order valence-corrected chi connectivity index (χ4v) is 2.04. The van der Waals surface area contributed by atoms with E-state index in [1.165, 1.54) is 11.3 Å². The van der Waals surface area contributed by atoms with Crippen LogP contribution in [0.4, 0.5) is 0 Å². The van der Waals surface area contributed by atoms with Gasteiger partial charge in [-0.05, 0) is 19.9 Å². The van der Waals surface area contributed by atoms with Gasteiger partial charge in [-0.25, -0.2) is 0 Å². The molecule has 1 heterocycles. The smallest absolute Gasteiger partial charge is 0.189 e. The highest BCUT2D eigenvalue weighted by Gasteiger charge is 2.14. The topological polar surface area (TPSA) is 43.1 Å². The molecule has 0 aromatic carbocycles. The van der Waals surface area contributed by atoms with Gasteiger partial charge in [0.1, 0.15) is 0 Å². The summed E-state index contributed by atoms with van der Waals surface area (Å²) in [5.74, 6) is -0.0463. The third-order valence-electron chi connectivity index (χ3n) is 1.51. The van der Waals surface area contributed by atoms with E-state index in [1.807, 2.05) is 6.92 Å². The molecule has 0 aliphatic rings. The number of aryl methyl sites for hydroxylation is 1. The molecule has 0 radical (unpaired) electrons. The molecule has 1 rings (SSSR count). The van der Waals surface area contributed by atoms with Gasteiger partial charge in [0.25, 0.3) is 0 Å². The van der Waals surface area contributed by atoms with E-state index >= 15 is 0 Å². The van der Waals surface area contributed by atoms with Crippen LogP contribution in [0.25, 0.3) is 0 Å². The van der Waals surface area contributed by atoms with Gasteiger partial charge in [-0.3, -0.25) is 4.79 Å². The zero-order valence-corrected chi connectivity index (χ0v) is 8.50. The largest absolute Gasteiger partial charge is 0.321 e. The Balaban J connectivity index is 2.97. The van der Waals surface area contributed by atoms with Gasteiger partial charge in [0.2, 0.25) is 0 Å². The minimum atomic E-state index is -0.445. The number of thiophene rings is 1. The molecule has 12 heavy (non-hydrogen) atoms. The van der Waals surface area contributed by atoms with Crippen molar-refractivity contribution < 1.29 is 4.79 Å². The summed E-state index contributed by atoms with van der Waals surface area (Å²) >= 11 is 7.18. The fourth-order valence-electron chi connectivity index (χ4n) is 0.806. The Morgan fingerprint density at radius 1 is 1.75 bits per heavy atom. The average Bonchev–Trinajstić information content (AvgIpc) is 2.30. The molecule has 1 aromatic heterocycles. The van der Waals surface area contributed by atoms with Crippen LogP contribution in [0.1, 0.15) is 21.5 Å². The average molecular weight is 204 g/mol. The zero-order valence-electron chi connectivity index (χ0n) is 6.93. The van der Waals surface area contributed by atoms with Crippen LogP contribution in [0.2, 0.25) is 5.02 Å². The lowest BCUT2D eigenvalue weighted by molar-refractivity contribution is 0.0972. The van der Waals surface area contributed by atoms with Crippen molar-refractivity contribution in [3.05, 3.63) is 20.8 Å². The molecule has 2 nitrogen and oxygen atoms in total. The van der Waals surface area contributed by atoms with Crippen molar-refractivity contribution in [3.8, 4) is 0 Å². The monoisotopic (exact) mass is 203 g/mol. The van der Waals surface area contributed by atoms with Crippen LogP contribution in [0.15, 0.2) is 6.07 Å².